The summed E-state index contributed by atoms with van der Waals surface area (Å²) in [7, 11) is 1.73. The number of carbonyl (C=O) groups excluding carboxylic acids is 1. The van der Waals surface area contributed by atoms with E-state index in [4.69, 9.17) is 5.11 Å². The molecule has 0 aliphatic carbocycles. The van der Waals surface area contributed by atoms with Gasteiger partial charge in [0.15, 0.2) is 0 Å². The van der Waals surface area contributed by atoms with Gasteiger partial charge in [-0.1, -0.05) is 26.0 Å². The van der Waals surface area contributed by atoms with Crippen molar-refractivity contribution < 1.29 is 14.7 Å². The van der Waals surface area contributed by atoms with Crippen LogP contribution in [0.2, 0.25) is 0 Å². The molecule has 1 aromatic rings. The number of aryl methyl sites for hydroxylation is 1. The maximum absolute atomic E-state index is 12.2. The second-order valence-corrected chi connectivity index (χ2v) is 4.93. The lowest BCUT2D eigenvalue weighted by atomic mass is 10.1. The summed E-state index contributed by atoms with van der Waals surface area (Å²) in [5.74, 6) is -1.36. The van der Waals surface area contributed by atoms with Crippen LogP contribution in [0.3, 0.4) is 0 Å². The average Bonchev–Trinajstić information content (AvgIpc) is 2.76. The Balaban J connectivity index is 2.91. The first-order valence-electron chi connectivity index (χ1n) is 6.55. The number of carboxylic acid groups (broad SMARTS) is 1. The minimum atomic E-state index is -1.05. The molecule has 0 saturated heterocycles. The third-order valence-corrected chi connectivity index (χ3v) is 2.86. The van der Waals surface area contributed by atoms with Crippen LogP contribution in [-0.2, 0) is 11.8 Å². The first-order valence-corrected chi connectivity index (χ1v) is 6.55. The molecule has 0 aromatic carbocycles. The highest BCUT2D eigenvalue weighted by molar-refractivity contribution is 5.97. The zero-order valence-corrected chi connectivity index (χ0v) is 12.3. The number of aliphatic carboxylic acids is 1. The molecule has 1 rings (SSSR count). The van der Waals surface area contributed by atoms with E-state index in [-0.39, 0.29) is 12.3 Å². The molecular weight excluding hydrogens is 258 g/mol. The molecule has 0 aliphatic rings. The number of aromatic nitrogens is 2. The van der Waals surface area contributed by atoms with E-state index in [1.165, 1.54) is 0 Å². The van der Waals surface area contributed by atoms with Gasteiger partial charge in [0.2, 0.25) is 0 Å². The summed E-state index contributed by atoms with van der Waals surface area (Å²) >= 11 is 0. The van der Waals surface area contributed by atoms with E-state index in [9.17, 15) is 9.59 Å². The second kappa shape index (κ2) is 6.88. The third kappa shape index (κ3) is 3.94. The molecule has 1 heterocycles. The van der Waals surface area contributed by atoms with Crippen molar-refractivity contribution in [2.24, 2.45) is 7.05 Å². The van der Waals surface area contributed by atoms with Crippen molar-refractivity contribution in [3.05, 3.63) is 29.6 Å². The third-order valence-electron chi connectivity index (χ3n) is 2.86. The fourth-order valence-corrected chi connectivity index (χ4v) is 1.84. The highest BCUT2D eigenvalue weighted by atomic mass is 16.4. The van der Waals surface area contributed by atoms with E-state index < -0.39 is 17.9 Å². The smallest absolute Gasteiger partial charge is 0.326 e. The minimum Gasteiger partial charge on any atom is -0.480 e. The highest BCUT2D eigenvalue weighted by Gasteiger charge is 2.23. The molecule has 6 nitrogen and oxygen atoms in total. The number of rotatable bonds is 6. The van der Waals surface area contributed by atoms with Crippen molar-refractivity contribution in [2.45, 2.75) is 39.2 Å². The summed E-state index contributed by atoms with van der Waals surface area (Å²) in [5.41, 5.74) is 1.09. The van der Waals surface area contributed by atoms with E-state index in [1.807, 2.05) is 13.8 Å². The second-order valence-electron chi connectivity index (χ2n) is 4.93. The van der Waals surface area contributed by atoms with Crippen molar-refractivity contribution in [2.75, 3.05) is 0 Å². The van der Waals surface area contributed by atoms with Gasteiger partial charge in [0.25, 0.3) is 5.91 Å². The van der Waals surface area contributed by atoms with E-state index in [1.54, 1.807) is 37.0 Å². The Morgan fingerprint density at radius 1 is 1.50 bits per heavy atom. The molecule has 1 atom stereocenters. The lowest BCUT2D eigenvalue weighted by Gasteiger charge is -2.13. The van der Waals surface area contributed by atoms with E-state index in [2.05, 4.69) is 10.4 Å². The Hall–Kier alpha value is -2.11. The van der Waals surface area contributed by atoms with Gasteiger partial charge in [-0.25, -0.2) is 4.79 Å². The van der Waals surface area contributed by atoms with E-state index in [0.29, 0.717) is 11.3 Å². The first-order chi connectivity index (χ1) is 9.36. The van der Waals surface area contributed by atoms with Crippen molar-refractivity contribution in [3.63, 3.8) is 0 Å². The van der Waals surface area contributed by atoms with Crippen LogP contribution in [0.25, 0.3) is 0 Å². The number of allylic oxidation sites excluding steroid dienone is 1. The number of nitrogens with zero attached hydrogens (tertiary/aromatic N) is 2. The van der Waals surface area contributed by atoms with Crippen LogP contribution in [0.15, 0.2) is 18.3 Å². The molecule has 6 heteroatoms. The molecule has 110 valence electrons. The van der Waals surface area contributed by atoms with Crippen LogP contribution >= 0.6 is 0 Å². The normalized spacial score (nSPS) is 12.8. The van der Waals surface area contributed by atoms with Crippen molar-refractivity contribution in [3.8, 4) is 0 Å². The lowest BCUT2D eigenvalue weighted by molar-refractivity contribution is -0.139. The monoisotopic (exact) mass is 279 g/mol. The van der Waals surface area contributed by atoms with Gasteiger partial charge in [0.05, 0.1) is 11.3 Å². The SMILES string of the molecule is C/C=C/CC(NC(=O)c1cn(C)nc1C(C)C)C(=O)O. The molecule has 0 radical (unpaired) electrons. The molecule has 0 saturated carbocycles. The zero-order valence-electron chi connectivity index (χ0n) is 12.3. The van der Waals surface area contributed by atoms with Gasteiger partial charge < -0.3 is 10.4 Å². The minimum absolute atomic E-state index is 0.0933. The van der Waals surface area contributed by atoms with Crippen LogP contribution in [0.1, 0.15) is 49.2 Å². The van der Waals surface area contributed by atoms with Crippen LogP contribution < -0.4 is 5.32 Å². The fraction of sp³-hybridized carbons (Fsp3) is 0.500. The van der Waals surface area contributed by atoms with E-state index in [0.717, 1.165) is 0 Å². The molecule has 1 amide bonds. The summed E-state index contributed by atoms with van der Waals surface area (Å²) in [6.07, 6.45) is 5.34. The average molecular weight is 279 g/mol. The van der Waals surface area contributed by atoms with E-state index >= 15 is 0 Å². The van der Waals surface area contributed by atoms with Gasteiger partial charge in [0, 0.05) is 13.2 Å². The predicted octanol–water partition coefficient (Wildman–Crippen LogP) is 1.69. The Morgan fingerprint density at radius 3 is 2.65 bits per heavy atom. The fourth-order valence-electron chi connectivity index (χ4n) is 1.84. The van der Waals surface area contributed by atoms with Crippen LogP contribution in [-0.4, -0.2) is 32.8 Å². The maximum Gasteiger partial charge on any atom is 0.326 e. The van der Waals surface area contributed by atoms with Gasteiger partial charge in [-0.2, -0.15) is 5.10 Å². The van der Waals surface area contributed by atoms with Gasteiger partial charge in [-0.15, -0.1) is 0 Å². The predicted molar refractivity (Wildman–Crippen MR) is 75.6 cm³/mol. The number of nitrogens with one attached hydrogen (secondary N) is 1. The summed E-state index contributed by atoms with van der Waals surface area (Å²) in [6.45, 7) is 5.68. The molecule has 2 N–H and O–H groups in total. The van der Waals surface area contributed by atoms with Gasteiger partial charge in [-0.05, 0) is 19.3 Å². The van der Waals surface area contributed by atoms with Crippen LogP contribution in [0.4, 0.5) is 0 Å². The van der Waals surface area contributed by atoms with Gasteiger partial charge in [0.1, 0.15) is 6.04 Å². The Kier molecular flexibility index (Phi) is 5.49. The van der Waals surface area contributed by atoms with Gasteiger partial charge >= 0.3 is 5.97 Å². The summed E-state index contributed by atoms with van der Waals surface area (Å²) in [4.78, 5) is 23.3. The van der Waals surface area contributed by atoms with Crippen LogP contribution in [0, 0.1) is 0 Å². The highest BCUT2D eigenvalue weighted by Crippen LogP contribution is 2.17. The number of hydrogen-bond donors (Lipinski definition) is 2. The van der Waals surface area contributed by atoms with Gasteiger partial charge in [-0.3, -0.25) is 9.48 Å². The molecule has 0 fully saturated rings. The maximum atomic E-state index is 12.2. The topological polar surface area (TPSA) is 84.2 Å². The number of carboxylic acids is 1. The standard InChI is InChI=1S/C14H21N3O3/c1-5-6-7-11(14(19)20)15-13(18)10-8-17(4)16-12(10)9(2)3/h5-6,8-9,11H,7H2,1-4H3,(H,15,18)(H,19,20)/b6-5+. The van der Waals surface area contributed by atoms with Crippen LogP contribution in [0.5, 0.6) is 0 Å². The van der Waals surface area contributed by atoms with Crippen molar-refractivity contribution in [1.82, 2.24) is 15.1 Å². The lowest BCUT2D eigenvalue weighted by Crippen LogP contribution is -2.40. The van der Waals surface area contributed by atoms with Crippen molar-refractivity contribution >= 4 is 11.9 Å². The summed E-state index contributed by atoms with van der Waals surface area (Å²) in [5, 5.41) is 15.9. The molecule has 20 heavy (non-hydrogen) atoms. The number of hydrogen-bond acceptors (Lipinski definition) is 3. The molecule has 0 spiro atoms. The zero-order chi connectivity index (χ0) is 15.3. The molecule has 1 aromatic heterocycles. The number of amides is 1. The summed E-state index contributed by atoms with van der Waals surface area (Å²) in [6, 6.07) is -0.932. The first kappa shape index (κ1) is 15.9. The molecule has 0 bridgehead atoms. The Labute approximate surface area is 118 Å². The number of carbonyl (C=O) groups is 2. The molecular formula is C14H21N3O3. The Morgan fingerprint density at radius 2 is 2.15 bits per heavy atom. The largest absolute Gasteiger partial charge is 0.480 e. The van der Waals surface area contributed by atoms with Crippen molar-refractivity contribution in [1.29, 1.82) is 0 Å². The summed E-state index contributed by atoms with van der Waals surface area (Å²) < 4.78 is 1.56. The molecule has 1 unspecified atom stereocenters. The quantitative estimate of drug-likeness (QED) is 0.776. The Bertz CT molecular complexity index is 518. The molecule has 0 aliphatic heterocycles.